The second-order valence-corrected chi connectivity index (χ2v) is 10.9. The van der Waals surface area contributed by atoms with Gasteiger partial charge in [0.2, 0.25) is 11.8 Å². The fraction of sp³-hybridized carbons (Fsp3) is 0.909. The zero-order valence-electron chi connectivity index (χ0n) is 18.9. The lowest BCUT2D eigenvalue weighted by atomic mass is 9.59. The highest BCUT2D eigenvalue weighted by molar-refractivity contribution is 6.21. The molecule has 0 radical (unpaired) electrons. The normalized spacial score (nSPS) is 44.4. The highest BCUT2D eigenvalue weighted by Gasteiger charge is 2.55. The van der Waals surface area contributed by atoms with Gasteiger partial charge in [0.25, 0.3) is 0 Å². The molecule has 32 heavy (non-hydrogen) atoms. The van der Waals surface area contributed by atoms with Crippen LogP contribution in [0.1, 0.15) is 64.7 Å². The predicted octanol–water partition coefficient (Wildman–Crippen LogP) is 1.15. The number of carbonyl (C=O) groups is 2. The summed E-state index contributed by atoms with van der Waals surface area (Å²) in [6.07, 6.45) is 3.01. The molecular formula is C22H36ClFN4O4. The van der Waals surface area contributed by atoms with Crippen molar-refractivity contribution in [1.29, 1.82) is 0 Å². The van der Waals surface area contributed by atoms with Gasteiger partial charge in [-0.1, -0.05) is 0 Å². The minimum atomic E-state index is -1.11. The minimum absolute atomic E-state index is 0.0128. The molecule has 10 heteroatoms. The maximum Gasteiger partial charge on any atom is 0.246 e. The number of ether oxygens (including phenoxy) is 1. The number of nitrogens with zero attached hydrogens (tertiary/aromatic N) is 1. The van der Waals surface area contributed by atoms with E-state index in [1.54, 1.807) is 0 Å². The van der Waals surface area contributed by atoms with Crippen LogP contribution in [0.3, 0.4) is 0 Å². The topological polar surface area (TPSA) is 103 Å². The number of halogens is 2. The van der Waals surface area contributed by atoms with Crippen LogP contribution in [0.5, 0.6) is 0 Å². The van der Waals surface area contributed by atoms with E-state index >= 15 is 0 Å². The third kappa shape index (κ3) is 4.92. The molecule has 4 aliphatic carbocycles. The third-order valence-electron chi connectivity index (χ3n) is 7.96. The molecule has 5 aliphatic rings. The van der Waals surface area contributed by atoms with E-state index < -0.39 is 28.7 Å². The van der Waals surface area contributed by atoms with Crippen molar-refractivity contribution in [3.63, 3.8) is 0 Å². The van der Waals surface area contributed by atoms with E-state index in [4.69, 9.17) is 16.3 Å². The number of hydrazine groups is 1. The number of fused-ring (bicyclic) bond motifs is 3. The van der Waals surface area contributed by atoms with Crippen LogP contribution < -0.4 is 16.1 Å². The van der Waals surface area contributed by atoms with Gasteiger partial charge in [0, 0.05) is 25.0 Å². The summed E-state index contributed by atoms with van der Waals surface area (Å²) in [4.78, 5) is 25.5. The molecule has 5 unspecified atom stereocenters. The Balaban J connectivity index is 1.28. The lowest BCUT2D eigenvalue weighted by Gasteiger charge is -2.56. The van der Waals surface area contributed by atoms with Crippen LogP contribution in [-0.2, 0) is 14.3 Å². The maximum atomic E-state index is 13.8. The molecule has 2 bridgehead atoms. The molecule has 0 aromatic carbocycles. The number of nitrogens with one attached hydrogen (secondary N) is 3. The van der Waals surface area contributed by atoms with Gasteiger partial charge < -0.3 is 20.5 Å². The van der Waals surface area contributed by atoms with Crippen molar-refractivity contribution >= 4 is 23.4 Å². The van der Waals surface area contributed by atoms with E-state index in [-0.39, 0.29) is 43.0 Å². The van der Waals surface area contributed by atoms with Gasteiger partial charge in [-0.3, -0.25) is 15.0 Å². The molecule has 0 spiro atoms. The predicted molar refractivity (Wildman–Crippen MR) is 118 cm³/mol. The number of hydrogen-bond acceptors (Lipinski definition) is 6. The molecule has 0 aromatic rings. The van der Waals surface area contributed by atoms with E-state index in [9.17, 15) is 19.1 Å². The Morgan fingerprint density at radius 2 is 1.94 bits per heavy atom. The Kier molecular flexibility index (Phi) is 7.04. The van der Waals surface area contributed by atoms with Crippen molar-refractivity contribution in [3.8, 4) is 0 Å². The summed E-state index contributed by atoms with van der Waals surface area (Å²) in [5.74, 6) is -0.306. The summed E-state index contributed by atoms with van der Waals surface area (Å²) in [6.45, 7) is 1.90. The highest BCUT2D eigenvalue weighted by Crippen LogP contribution is 2.47. The number of aliphatic hydroxyl groups excluding tert-OH is 1. The Morgan fingerprint density at radius 3 is 2.53 bits per heavy atom. The first-order chi connectivity index (χ1) is 15.1. The summed E-state index contributed by atoms with van der Waals surface area (Å²) in [7, 11) is 1.87. The Labute approximate surface area is 193 Å². The molecule has 5 rings (SSSR count). The van der Waals surface area contributed by atoms with Crippen LogP contribution in [0.4, 0.5) is 4.39 Å². The molecule has 182 valence electrons. The van der Waals surface area contributed by atoms with Crippen molar-refractivity contribution in [2.24, 2.45) is 0 Å². The summed E-state index contributed by atoms with van der Waals surface area (Å²) in [5, 5.41) is 18.5. The molecule has 6 atom stereocenters. The summed E-state index contributed by atoms with van der Waals surface area (Å²) in [6, 6.07) is 0.0298. The van der Waals surface area contributed by atoms with Gasteiger partial charge in [-0.25, -0.2) is 9.40 Å². The Morgan fingerprint density at radius 1 is 1.22 bits per heavy atom. The van der Waals surface area contributed by atoms with Crippen molar-refractivity contribution in [2.45, 2.75) is 112 Å². The van der Waals surface area contributed by atoms with E-state index in [1.165, 1.54) is 0 Å². The third-order valence-corrected chi connectivity index (χ3v) is 8.46. The van der Waals surface area contributed by atoms with E-state index in [0.29, 0.717) is 44.9 Å². The fourth-order valence-corrected chi connectivity index (χ4v) is 6.20. The van der Waals surface area contributed by atoms with Crippen LogP contribution in [0.15, 0.2) is 0 Å². The molecular weight excluding hydrogens is 439 g/mol. The Bertz CT molecular complexity index is 720. The largest absolute Gasteiger partial charge is 0.391 e. The molecule has 0 aromatic heterocycles. The number of aliphatic hydroxyl groups is 1. The number of hydrogen-bond donors (Lipinski definition) is 4. The second-order valence-electron chi connectivity index (χ2n) is 10.4. The van der Waals surface area contributed by atoms with E-state index in [0.717, 1.165) is 6.42 Å². The number of amides is 2. The van der Waals surface area contributed by atoms with E-state index in [1.807, 2.05) is 19.0 Å². The van der Waals surface area contributed by atoms with Crippen molar-refractivity contribution in [1.82, 2.24) is 21.1 Å². The first-order valence-corrected chi connectivity index (χ1v) is 12.2. The van der Waals surface area contributed by atoms with Gasteiger partial charge in [-0.2, -0.15) is 0 Å². The first kappa shape index (κ1) is 24.1. The van der Waals surface area contributed by atoms with Gasteiger partial charge in [0.1, 0.15) is 18.8 Å². The van der Waals surface area contributed by atoms with Crippen LogP contribution in [0.2, 0.25) is 0 Å². The van der Waals surface area contributed by atoms with Gasteiger partial charge >= 0.3 is 0 Å². The van der Waals surface area contributed by atoms with Crippen molar-refractivity contribution in [3.05, 3.63) is 0 Å². The van der Waals surface area contributed by atoms with Crippen molar-refractivity contribution < 1.29 is 23.8 Å². The number of rotatable bonds is 6. The van der Waals surface area contributed by atoms with Crippen LogP contribution in [0.25, 0.3) is 0 Å². The van der Waals surface area contributed by atoms with Crippen molar-refractivity contribution in [2.75, 3.05) is 13.7 Å². The monoisotopic (exact) mass is 474 g/mol. The van der Waals surface area contributed by atoms with Crippen LogP contribution in [0, 0.1) is 0 Å². The molecule has 1 saturated heterocycles. The molecule has 8 nitrogen and oxygen atoms in total. The zero-order chi connectivity index (χ0) is 23.1. The average Bonchev–Trinajstić information content (AvgIpc) is 3.08. The molecule has 4 N–H and O–H groups in total. The molecule has 5 fully saturated rings. The smallest absolute Gasteiger partial charge is 0.246 e. The quantitative estimate of drug-likeness (QED) is 0.431. The Hall–Kier alpha value is -1.00. The maximum absolute atomic E-state index is 13.8. The molecule has 2 amide bonds. The number of carbonyl (C=O) groups excluding carboxylic acids is 2. The molecule has 1 aliphatic heterocycles. The second kappa shape index (κ2) is 9.33. The van der Waals surface area contributed by atoms with Gasteiger partial charge in [-0.05, 0) is 58.3 Å². The van der Waals surface area contributed by atoms with E-state index in [2.05, 4.69) is 16.1 Å². The summed E-state index contributed by atoms with van der Waals surface area (Å²) >= 11 is 5.91. The highest BCUT2D eigenvalue weighted by atomic mass is 35.5. The molecule has 1 heterocycles. The fourth-order valence-electron chi connectivity index (χ4n) is 5.97. The zero-order valence-corrected chi connectivity index (χ0v) is 19.7. The van der Waals surface area contributed by atoms with Gasteiger partial charge in [-0.15, -0.1) is 11.6 Å². The lowest BCUT2D eigenvalue weighted by Crippen LogP contribution is -2.71. The summed E-state index contributed by atoms with van der Waals surface area (Å²) in [5.41, 5.74) is 2.12. The first-order valence-electron chi connectivity index (χ1n) is 11.8. The van der Waals surface area contributed by atoms with Gasteiger partial charge in [0.15, 0.2) is 0 Å². The number of likely N-dealkylation sites (N-methyl/N-ethyl adjacent to an activating group) is 1. The van der Waals surface area contributed by atoms with Crippen LogP contribution >= 0.6 is 11.6 Å². The van der Waals surface area contributed by atoms with Crippen LogP contribution in [-0.4, -0.2) is 82.5 Å². The SMILES string of the molecule is CC1CC(C(=O)NC23CCC(NC(=O)COC4CCC(Cl)C(F)C4)(CC2)[C@@H](O)C3)N(C)N1. The standard InChI is InChI=1S/C22H36ClFN4O4/c1-13-9-17(28(2)27-13)20(31)26-21-5-7-22(8-6-21,18(29)11-21)25-19(30)12-32-14-3-4-15(23)16(24)10-14/h13-18,27,29H,3-12H2,1-2H3,(H,25,30)(H,26,31)/t13?,14?,15?,16?,17?,18-,21?,22?/m0/s1. The lowest BCUT2D eigenvalue weighted by molar-refractivity contribution is -0.141. The summed E-state index contributed by atoms with van der Waals surface area (Å²) < 4.78 is 19.4. The molecule has 4 saturated carbocycles. The number of alkyl halides is 2. The minimum Gasteiger partial charge on any atom is -0.391 e. The van der Waals surface area contributed by atoms with Gasteiger partial charge in [0.05, 0.1) is 23.1 Å². The average molecular weight is 475 g/mol.